The number of nitrogens with zero attached hydrogens (tertiary/aromatic N) is 4. The van der Waals surface area contributed by atoms with E-state index in [2.05, 4.69) is 15.5 Å². The number of aryl methyl sites for hydroxylation is 2. The highest BCUT2D eigenvalue weighted by atomic mass is 35.5. The molecule has 1 amide bonds. The van der Waals surface area contributed by atoms with Crippen LogP contribution in [0.5, 0.6) is 0 Å². The first-order valence-electron chi connectivity index (χ1n) is 8.46. The molecule has 0 spiro atoms. The Labute approximate surface area is 153 Å². The number of amides is 1. The average Bonchev–Trinajstić information content (AvgIpc) is 3.18. The number of aromatic nitrogens is 4. The lowest BCUT2D eigenvalue weighted by molar-refractivity contribution is -0.141. The van der Waals surface area contributed by atoms with Crippen molar-refractivity contribution in [1.82, 2.24) is 24.9 Å². The molecule has 2 aromatic rings. The van der Waals surface area contributed by atoms with Gasteiger partial charge in [-0.05, 0) is 32.3 Å². The van der Waals surface area contributed by atoms with Crippen LogP contribution in [0.2, 0.25) is 5.02 Å². The summed E-state index contributed by atoms with van der Waals surface area (Å²) in [5, 5.41) is 10.2. The molecule has 2 heterocycles. The van der Waals surface area contributed by atoms with Gasteiger partial charge in [0.15, 0.2) is 5.69 Å². The Hall–Kier alpha value is -2.03. The number of hydrogen-bond acceptors (Lipinski definition) is 3. The van der Waals surface area contributed by atoms with Crippen molar-refractivity contribution < 1.29 is 18.0 Å². The molecule has 1 fully saturated rings. The smallest absolute Gasteiger partial charge is 0.351 e. The van der Waals surface area contributed by atoms with Gasteiger partial charge < -0.3 is 5.32 Å². The molecule has 142 valence electrons. The maximum Gasteiger partial charge on any atom is 0.436 e. The monoisotopic (exact) mass is 389 g/mol. The van der Waals surface area contributed by atoms with Crippen LogP contribution in [0.1, 0.15) is 54.0 Å². The predicted molar refractivity (Wildman–Crippen MR) is 89.1 cm³/mol. The van der Waals surface area contributed by atoms with Crippen LogP contribution < -0.4 is 5.32 Å². The van der Waals surface area contributed by atoms with Gasteiger partial charge in [-0.15, -0.1) is 0 Å². The van der Waals surface area contributed by atoms with Crippen molar-refractivity contribution in [2.24, 2.45) is 0 Å². The van der Waals surface area contributed by atoms with Crippen LogP contribution in [0.15, 0.2) is 12.3 Å². The molecule has 6 nitrogen and oxygen atoms in total. The fraction of sp³-hybridized carbons (Fsp3) is 0.562. The number of carbonyl (C=O) groups excluding carboxylic acids is 1. The van der Waals surface area contributed by atoms with Crippen LogP contribution in [-0.2, 0) is 19.3 Å². The largest absolute Gasteiger partial charge is 0.436 e. The summed E-state index contributed by atoms with van der Waals surface area (Å²) in [5.74, 6) is -0.271. The highest BCUT2D eigenvalue weighted by molar-refractivity contribution is 6.32. The van der Waals surface area contributed by atoms with E-state index in [1.165, 1.54) is 4.68 Å². The predicted octanol–water partition coefficient (Wildman–Crippen LogP) is 3.47. The zero-order valence-corrected chi connectivity index (χ0v) is 14.9. The van der Waals surface area contributed by atoms with Gasteiger partial charge in [0.25, 0.3) is 5.91 Å². The lowest BCUT2D eigenvalue weighted by Crippen LogP contribution is -2.26. The number of halogens is 4. The Morgan fingerprint density at radius 3 is 2.69 bits per heavy atom. The minimum atomic E-state index is -4.57. The van der Waals surface area contributed by atoms with Crippen LogP contribution in [0.3, 0.4) is 0 Å². The summed E-state index contributed by atoms with van der Waals surface area (Å²) in [7, 11) is 0. The standard InChI is InChI=1S/C16H19ClF3N5O/c1-2-24-9-6-11(22-24)15(26)21-7-3-8-25-13(10-4-5-10)12(17)14(23-25)16(18,19)20/h6,9-10H,2-5,7-8H2,1H3,(H,21,26). The molecule has 1 N–H and O–H groups in total. The zero-order chi connectivity index (χ0) is 18.9. The molecule has 0 radical (unpaired) electrons. The van der Waals surface area contributed by atoms with Gasteiger partial charge in [0.1, 0.15) is 5.69 Å². The van der Waals surface area contributed by atoms with Gasteiger partial charge in [0, 0.05) is 31.7 Å². The van der Waals surface area contributed by atoms with E-state index in [0.717, 1.165) is 12.8 Å². The Morgan fingerprint density at radius 2 is 2.12 bits per heavy atom. The van der Waals surface area contributed by atoms with Crippen molar-refractivity contribution >= 4 is 17.5 Å². The second-order valence-corrected chi connectivity index (χ2v) is 6.59. The molecular weight excluding hydrogens is 371 g/mol. The summed E-state index contributed by atoms with van der Waals surface area (Å²) in [5.41, 5.74) is -0.269. The third-order valence-corrected chi connectivity index (χ3v) is 4.57. The molecule has 3 rings (SSSR count). The summed E-state index contributed by atoms with van der Waals surface area (Å²) < 4.78 is 42.0. The highest BCUT2D eigenvalue weighted by Crippen LogP contribution is 2.46. The van der Waals surface area contributed by atoms with Gasteiger partial charge >= 0.3 is 6.18 Å². The van der Waals surface area contributed by atoms with Crippen molar-refractivity contribution in [2.45, 2.75) is 51.4 Å². The van der Waals surface area contributed by atoms with Crippen LogP contribution in [0.4, 0.5) is 13.2 Å². The van der Waals surface area contributed by atoms with Crippen molar-refractivity contribution in [3.05, 3.63) is 34.4 Å². The summed E-state index contributed by atoms with van der Waals surface area (Å²) in [6.45, 7) is 3.14. The zero-order valence-electron chi connectivity index (χ0n) is 14.2. The normalized spacial score (nSPS) is 14.7. The summed E-state index contributed by atoms with van der Waals surface area (Å²) in [6, 6.07) is 1.62. The van der Waals surface area contributed by atoms with E-state index in [9.17, 15) is 18.0 Å². The maximum absolute atomic E-state index is 13.0. The minimum absolute atomic E-state index is 0.0405. The van der Waals surface area contributed by atoms with Crippen LogP contribution in [0, 0.1) is 0 Å². The minimum Gasteiger partial charge on any atom is -0.351 e. The molecule has 0 saturated heterocycles. The maximum atomic E-state index is 13.0. The first kappa shape index (κ1) is 18.8. The van der Waals surface area contributed by atoms with Crippen LogP contribution in [0.25, 0.3) is 0 Å². The van der Waals surface area contributed by atoms with E-state index in [4.69, 9.17) is 11.6 Å². The number of nitrogens with one attached hydrogen (secondary N) is 1. The van der Waals surface area contributed by atoms with E-state index < -0.39 is 11.9 Å². The van der Waals surface area contributed by atoms with Crippen LogP contribution in [-0.4, -0.2) is 32.0 Å². The molecule has 0 unspecified atom stereocenters. The fourth-order valence-electron chi connectivity index (χ4n) is 2.73. The Kier molecular flexibility index (Phi) is 5.27. The highest BCUT2D eigenvalue weighted by Gasteiger charge is 2.41. The van der Waals surface area contributed by atoms with E-state index in [1.54, 1.807) is 16.9 Å². The van der Waals surface area contributed by atoms with Crippen molar-refractivity contribution in [1.29, 1.82) is 0 Å². The van der Waals surface area contributed by atoms with Crippen LogP contribution >= 0.6 is 11.6 Å². The van der Waals surface area contributed by atoms with E-state index in [0.29, 0.717) is 30.9 Å². The Balaban J connectivity index is 1.58. The first-order valence-corrected chi connectivity index (χ1v) is 8.84. The lowest BCUT2D eigenvalue weighted by Gasteiger charge is -2.07. The molecule has 0 aromatic carbocycles. The third-order valence-electron chi connectivity index (χ3n) is 4.19. The molecule has 0 atom stereocenters. The molecule has 1 aliphatic rings. The summed E-state index contributed by atoms with van der Waals surface area (Å²) in [6.07, 6.45) is -0.784. The van der Waals surface area contributed by atoms with Gasteiger partial charge in [-0.25, -0.2) is 0 Å². The SMILES string of the molecule is CCn1ccc(C(=O)NCCCn2nc(C(F)(F)F)c(Cl)c2C2CC2)n1. The number of alkyl halides is 3. The van der Waals surface area contributed by atoms with Gasteiger partial charge in [0.2, 0.25) is 0 Å². The quantitative estimate of drug-likeness (QED) is 0.737. The van der Waals surface area contributed by atoms with Crippen molar-refractivity contribution in [3.63, 3.8) is 0 Å². The summed E-state index contributed by atoms with van der Waals surface area (Å²) in [4.78, 5) is 12.0. The topological polar surface area (TPSA) is 64.7 Å². The third kappa shape index (κ3) is 4.03. The molecular formula is C16H19ClF3N5O. The lowest BCUT2D eigenvalue weighted by atomic mass is 10.2. The molecule has 2 aromatic heterocycles. The Bertz CT molecular complexity index is 794. The van der Waals surface area contributed by atoms with Gasteiger partial charge in [-0.1, -0.05) is 11.6 Å². The molecule has 26 heavy (non-hydrogen) atoms. The van der Waals surface area contributed by atoms with Gasteiger partial charge in [0.05, 0.1) is 10.7 Å². The Morgan fingerprint density at radius 1 is 1.38 bits per heavy atom. The fourth-order valence-corrected chi connectivity index (χ4v) is 3.13. The first-order chi connectivity index (χ1) is 12.3. The molecule has 0 bridgehead atoms. The summed E-state index contributed by atoms with van der Waals surface area (Å²) >= 11 is 5.92. The molecule has 10 heteroatoms. The number of rotatable bonds is 7. The molecule has 0 aliphatic heterocycles. The van der Waals surface area contributed by atoms with Crippen molar-refractivity contribution in [2.75, 3.05) is 6.54 Å². The second-order valence-electron chi connectivity index (χ2n) is 6.21. The van der Waals surface area contributed by atoms with Gasteiger partial charge in [-0.3, -0.25) is 14.2 Å². The van der Waals surface area contributed by atoms with E-state index in [1.807, 2.05) is 6.92 Å². The van der Waals surface area contributed by atoms with Gasteiger partial charge in [-0.2, -0.15) is 23.4 Å². The van der Waals surface area contributed by atoms with Crippen molar-refractivity contribution in [3.8, 4) is 0 Å². The molecule has 1 saturated carbocycles. The van der Waals surface area contributed by atoms with E-state index in [-0.39, 0.29) is 23.4 Å². The second kappa shape index (κ2) is 7.30. The number of carbonyl (C=O) groups is 1. The number of hydrogen-bond donors (Lipinski definition) is 1. The average molecular weight is 390 g/mol. The molecule has 1 aliphatic carbocycles. The van der Waals surface area contributed by atoms with E-state index >= 15 is 0 Å².